The number of hydrogen-bond acceptors (Lipinski definition) is 2. The van der Waals surface area contributed by atoms with Crippen molar-refractivity contribution in [2.45, 2.75) is 6.61 Å². The van der Waals surface area contributed by atoms with E-state index >= 15 is 0 Å². The monoisotopic (exact) mass is 253 g/mol. The number of aromatic amines is 1. The predicted octanol–water partition coefficient (Wildman–Crippen LogP) is 3.77. The number of carbonyl (C=O) groups excluding carboxylic acids is 1. The lowest BCUT2D eigenvalue weighted by atomic mass is 10.2. The van der Waals surface area contributed by atoms with Gasteiger partial charge in [-0.2, -0.15) is 0 Å². The highest BCUT2D eigenvalue weighted by Crippen LogP contribution is 2.15. The van der Waals surface area contributed by atoms with Gasteiger partial charge in [0.2, 0.25) is 0 Å². The Bertz CT molecular complexity index is 674. The van der Waals surface area contributed by atoms with E-state index in [1.165, 1.54) is 0 Å². The Morgan fingerprint density at radius 1 is 1.05 bits per heavy atom. The van der Waals surface area contributed by atoms with Crippen molar-refractivity contribution in [3.8, 4) is 0 Å². The number of rotatable bonds is 3. The molecule has 0 saturated carbocycles. The van der Waals surface area contributed by atoms with Crippen LogP contribution in [0.1, 0.15) is 17.5 Å². The first-order valence-corrected chi connectivity index (χ1v) is 6.12. The van der Waals surface area contributed by atoms with Crippen LogP contribution in [0.15, 0.2) is 60.7 Å². The van der Waals surface area contributed by atoms with Crippen molar-refractivity contribution in [2.75, 3.05) is 0 Å². The van der Waals surface area contributed by atoms with Crippen LogP contribution in [0, 0.1) is 0 Å². The Kier molecular flexibility index (Phi) is 3.02. The molecular formula is C16H15NO2. The number of benzene rings is 2. The Hall–Kier alpha value is -2.55. The quantitative estimate of drug-likeness (QED) is 0.722. The number of H-pyrrole nitrogens is 1. The van der Waals surface area contributed by atoms with Crippen LogP contribution in [0.4, 0.5) is 0 Å². The molecule has 3 nitrogen and oxygen atoms in total. The lowest BCUT2D eigenvalue weighted by Crippen LogP contribution is -2.05. The van der Waals surface area contributed by atoms with Crippen molar-refractivity contribution in [3.05, 3.63) is 71.9 Å². The van der Waals surface area contributed by atoms with Crippen LogP contribution in [0.25, 0.3) is 10.9 Å². The van der Waals surface area contributed by atoms with Crippen LogP contribution in [0.5, 0.6) is 0 Å². The lowest BCUT2D eigenvalue weighted by molar-refractivity contribution is 0.0467. The van der Waals surface area contributed by atoms with E-state index < -0.39 is 0 Å². The van der Waals surface area contributed by atoms with Crippen molar-refractivity contribution in [2.24, 2.45) is 0 Å². The highest BCUT2D eigenvalue weighted by atomic mass is 16.5. The highest BCUT2D eigenvalue weighted by molar-refractivity contribution is 5.94. The summed E-state index contributed by atoms with van der Waals surface area (Å²) < 4.78 is 5.27. The van der Waals surface area contributed by atoms with Gasteiger partial charge in [-0.25, -0.2) is 4.79 Å². The summed E-state index contributed by atoms with van der Waals surface area (Å²) in [5.74, 6) is -0.333. The molecular weight excluding hydrogens is 238 g/mol. The number of ether oxygens (including phenoxy) is 1. The molecule has 3 heteroatoms. The normalized spacial score (nSPS) is 10.5. The highest BCUT2D eigenvalue weighted by Gasteiger charge is 2.10. The maximum Gasteiger partial charge on any atom is 0.355 e. The summed E-state index contributed by atoms with van der Waals surface area (Å²) in [6.07, 6.45) is 0. The number of carbonyl (C=O) groups is 1. The minimum absolute atomic E-state index is 0. The number of nitrogens with one attached hydrogen (secondary N) is 1. The average molecular weight is 253 g/mol. The first-order valence-electron chi connectivity index (χ1n) is 6.12. The fourth-order valence-electron chi connectivity index (χ4n) is 1.98. The van der Waals surface area contributed by atoms with Crippen molar-refractivity contribution >= 4 is 16.9 Å². The molecule has 1 N–H and O–H groups in total. The first kappa shape index (κ1) is 11.5. The van der Waals surface area contributed by atoms with Gasteiger partial charge in [-0.15, -0.1) is 0 Å². The minimum Gasteiger partial charge on any atom is -0.456 e. The molecule has 0 fully saturated rings. The van der Waals surface area contributed by atoms with E-state index in [0.717, 1.165) is 16.5 Å². The molecule has 0 aliphatic rings. The van der Waals surface area contributed by atoms with Gasteiger partial charge in [0.05, 0.1) is 0 Å². The van der Waals surface area contributed by atoms with Gasteiger partial charge in [-0.1, -0.05) is 48.5 Å². The molecule has 0 radical (unpaired) electrons. The van der Waals surface area contributed by atoms with Gasteiger partial charge in [-0.3, -0.25) is 0 Å². The van der Waals surface area contributed by atoms with Gasteiger partial charge in [0.15, 0.2) is 0 Å². The van der Waals surface area contributed by atoms with Crippen LogP contribution in [0.3, 0.4) is 0 Å². The summed E-state index contributed by atoms with van der Waals surface area (Å²) in [5.41, 5.74) is 2.40. The smallest absolute Gasteiger partial charge is 0.355 e. The van der Waals surface area contributed by atoms with E-state index in [1.807, 2.05) is 60.7 Å². The summed E-state index contributed by atoms with van der Waals surface area (Å²) in [5, 5.41) is 1.01. The van der Waals surface area contributed by atoms with Crippen molar-refractivity contribution < 1.29 is 11.0 Å². The molecule has 0 saturated heterocycles. The number of esters is 1. The molecule has 3 rings (SSSR count). The van der Waals surface area contributed by atoms with Crippen LogP contribution in [-0.4, -0.2) is 11.0 Å². The van der Waals surface area contributed by atoms with Gasteiger partial charge < -0.3 is 9.72 Å². The third-order valence-corrected chi connectivity index (χ3v) is 2.96. The van der Waals surface area contributed by atoms with Crippen molar-refractivity contribution in [1.29, 1.82) is 0 Å². The van der Waals surface area contributed by atoms with Crippen molar-refractivity contribution in [3.63, 3.8) is 0 Å². The zero-order chi connectivity index (χ0) is 13.1. The fraction of sp³-hybridized carbons (Fsp3) is 0.0625. The van der Waals surface area contributed by atoms with Crippen molar-refractivity contribution in [1.82, 2.24) is 4.98 Å². The minimum atomic E-state index is -0.333. The summed E-state index contributed by atoms with van der Waals surface area (Å²) in [6.45, 7) is 0.287. The molecule has 3 aromatic rings. The maximum atomic E-state index is 11.9. The molecule has 0 aliphatic heterocycles. The Morgan fingerprint density at radius 3 is 2.58 bits per heavy atom. The second-order valence-electron chi connectivity index (χ2n) is 4.33. The zero-order valence-corrected chi connectivity index (χ0v) is 10.3. The molecule has 2 aromatic carbocycles. The molecule has 0 spiro atoms. The van der Waals surface area contributed by atoms with Gasteiger partial charge >= 0.3 is 5.97 Å². The number of hydrogen-bond donors (Lipinski definition) is 1. The average Bonchev–Trinajstić information content (AvgIpc) is 2.90. The molecule has 19 heavy (non-hydrogen) atoms. The molecule has 1 heterocycles. The largest absolute Gasteiger partial charge is 0.456 e. The van der Waals surface area contributed by atoms with Gasteiger partial charge in [0, 0.05) is 12.3 Å². The number of fused-ring (bicyclic) bond motifs is 1. The SMILES string of the molecule is O=C(OCc1ccccc1)c1cc2ccccc2[nH]1.[HH]. The predicted molar refractivity (Wildman–Crippen MR) is 76.0 cm³/mol. The summed E-state index contributed by atoms with van der Waals surface area (Å²) >= 11 is 0. The Balaban J connectivity index is 0.00000147. The van der Waals surface area contributed by atoms with E-state index in [1.54, 1.807) is 0 Å². The van der Waals surface area contributed by atoms with E-state index in [2.05, 4.69) is 4.98 Å². The van der Waals surface area contributed by atoms with Gasteiger partial charge in [-0.05, 0) is 17.7 Å². The van der Waals surface area contributed by atoms with E-state index in [0.29, 0.717) is 5.69 Å². The zero-order valence-electron chi connectivity index (χ0n) is 10.3. The van der Waals surface area contributed by atoms with Crippen LogP contribution < -0.4 is 0 Å². The Morgan fingerprint density at radius 2 is 1.79 bits per heavy atom. The van der Waals surface area contributed by atoms with Crippen LogP contribution in [-0.2, 0) is 11.3 Å². The molecule has 0 aliphatic carbocycles. The first-order chi connectivity index (χ1) is 9.33. The van der Waals surface area contributed by atoms with Gasteiger partial charge in [0.25, 0.3) is 0 Å². The van der Waals surface area contributed by atoms with Gasteiger partial charge in [0.1, 0.15) is 12.3 Å². The van der Waals surface area contributed by atoms with Crippen LogP contribution in [0.2, 0.25) is 0 Å². The molecule has 0 bridgehead atoms. The van der Waals surface area contributed by atoms with Crippen LogP contribution >= 0.6 is 0 Å². The standard InChI is InChI=1S/C16H13NO2.H2/c18-16(19-11-12-6-2-1-3-7-12)15-10-13-8-4-5-9-14(13)17-15;/h1-10,17H,11H2;1H. The Labute approximate surface area is 112 Å². The third kappa shape index (κ3) is 2.50. The molecule has 0 amide bonds. The fourth-order valence-corrected chi connectivity index (χ4v) is 1.98. The molecule has 96 valence electrons. The topological polar surface area (TPSA) is 42.1 Å². The second-order valence-corrected chi connectivity index (χ2v) is 4.33. The molecule has 0 atom stereocenters. The molecule has 0 unspecified atom stereocenters. The molecule has 1 aromatic heterocycles. The number of aromatic nitrogens is 1. The van der Waals surface area contributed by atoms with E-state index in [4.69, 9.17) is 4.74 Å². The summed E-state index contributed by atoms with van der Waals surface area (Å²) in [7, 11) is 0. The number of para-hydroxylation sites is 1. The van der Waals surface area contributed by atoms with E-state index in [9.17, 15) is 4.79 Å². The summed E-state index contributed by atoms with van der Waals surface area (Å²) in [4.78, 5) is 15.0. The van der Waals surface area contributed by atoms with E-state index in [-0.39, 0.29) is 14.0 Å². The summed E-state index contributed by atoms with van der Waals surface area (Å²) in [6, 6.07) is 19.2. The lowest BCUT2D eigenvalue weighted by Gasteiger charge is -2.02. The maximum absolute atomic E-state index is 11.9. The second kappa shape index (κ2) is 4.98. The third-order valence-electron chi connectivity index (χ3n) is 2.96.